The zero-order valence-electron chi connectivity index (χ0n) is 13.2. The SMILES string of the molecule is CC(C)N(C(=O)Cn1nc(-c2ccncc2)oc1=O)C(C)C. The van der Waals surface area contributed by atoms with Gasteiger partial charge in [0.05, 0.1) is 0 Å². The lowest BCUT2D eigenvalue weighted by Crippen LogP contribution is -2.44. The van der Waals surface area contributed by atoms with Crippen molar-refractivity contribution in [2.24, 2.45) is 0 Å². The van der Waals surface area contributed by atoms with Crippen molar-refractivity contribution in [1.82, 2.24) is 19.7 Å². The molecular weight excluding hydrogens is 284 g/mol. The van der Waals surface area contributed by atoms with Crippen LogP contribution in [0.4, 0.5) is 0 Å². The van der Waals surface area contributed by atoms with Crippen LogP contribution >= 0.6 is 0 Å². The minimum atomic E-state index is -0.646. The third kappa shape index (κ3) is 3.41. The zero-order valence-corrected chi connectivity index (χ0v) is 13.2. The van der Waals surface area contributed by atoms with Crippen molar-refractivity contribution in [1.29, 1.82) is 0 Å². The van der Waals surface area contributed by atoms with E-state index in [1.54, 1.807) is 29.4 Å². The molecule has 0 fully saturated rings. The summed E-state index contributed by atoms with van der Waals surface area (Å²) in [5, 5.41) is 4.08. The second kappa shape index (κ2) is 6.55. The molecular formula is C15H20N4O3. The zero-order chi connectivity index (χ0) is 16.3. The summed E-state index contributed by atoms with van der Waals surface area (Å²) in [4.78, 5) is 29.8. The van der Waals surface area contributed by atoms with Gasteiger partial charge in [-0.2, -0.15) is 4.68 Å². The molecule has 2 aromatic rings. The van der Waals surface area contributed by atoms with Crippen LogP contribution in [0.3, 0.4) is 0 Å². The maximum Gasteiger partial charge on any atom is 0.437 e. The molecule has 2 rings (SSSR count). The summed E-state index contributed by atoms with van der Waals surface area (Å²) >= 11 is 0. The first-order valence-corrected chi connectivity index (χ1v) is 7.19. The van der Waals surface area contributed by atoms with Crippen molar-refractivity contribution in [2.75, 3.05) is 0 Å². The van der Waals surface area contributed by atoms with Gasteiger partial charge in [-0.15, -0.1) is 5.10 Å². The van der Waals surface area contributed by atoms with Crippen molar-refractivity contribution in [2.45, 2.75) is 46.3 Å². The van der Waals surface area contributed by atoms with Gasteiger partial charge in [-0.05, 0) is 39.8 Å². The molecule has 0 radical (unpaired) electrons. The molecule has 0 N–H and O–H groups in total. The molecule has 22 heavy (non-hydrogen) atoms. The van der Waals surface area contributed by atoms with Gasteiger partial charge in [0.15, 0.2) is 0 Å². The van der Waals surface area contributed by atoms with Crippen molar-refractivity contribution < 1.29 is 9.21 Å². The number of amides is 1. The molecule has 0 unspecified atom stereocenters. The number of rotatable bonds is 5. The lowest BCUT2D eigenvalue weighted by molar-refractivity contribution is -0.135. The summed E-state index contributed by atoms with van der Waals surface area (Å²) in [6.07, 6.45) is 3.16. The lowest BCUT2D eigenvalue weighted by Gasteiger charge is -2.30. The quantitative estimate of drug-likeness (QED) is 0.837. The Morgan fingerprint density at radius 3 is 2.36 bits per heavy atom. The summed E-state index contributed by atoms with van der Waals surface area (Å²) < 4.78 is 6.15. The van der Waals surface area contributed by atoms with Gasteiger partial charge >= 0.3 is 5.76 Å². The van der Waals surface area contributed by atoms with Crippen LogP contribution in [0.15, 0.2) is 33.7 Å². The average molecular weight is 304 g/mol. The number of aromatic nitrogens is 3. The van der Waals surface area contributed by atoms with E-state index in [-0.39, 0.29) is 30.4 Å². The molecule has 2 aromatic heterocycles. The highest BCUT2D eigenvalue weighted by Crippen LogP contribution is 2.13. The van der Waals surface area contributed by atoms with Crippen LogP contribution in [0.5, 0.6) is 0 Å². The predicted molar refractivity (Wildman–Crippen MR) is 81.1 cm³/mol. The largest absolute Gasteiger partial charge is 0.437 e. The first kappa shape index (κ1) is 15.9. The van der Waals surface area contributed by atoms with E-state index in [0.717, 1.165) is 4.68 Å². The van der Waals surface area contributed by atoms with Gasteiger partial charge < -0.3 is 9.32 Å². The van der Waals surface area contributed by atoms with Crippen LogP contribution in [-0.2, 0) is 11.3 Å². The van der Waals surface area contributed by atoms with Crippen molar-refractivity contribution >= 4 is 5.91 Å². The van der Waals surface area contributed by atoms with E-state index >= 15 is 0 Å². The molecule has 0 bridgehead atoms. The van der Waals surface area contributed by atoms with Gasteiger partial charge in [0.1, 0.15) is 6.54 Å². The fraction of sp³-hybridized carbons (Fsp3) is 0.467. The third-order valence-corrected chi connectivity index (χ3v) is 3.22. The Morgan fingerprint density at radius 2 is 1.82 bits per heavy atom. The van der Waals surface area contributed by atoms with Gasteiger partial charge in [-0.25, -0.2) is 4.79 Å². The van der Waals surface area contributed by atoms with E-state index < -0.39 is 5.76 Å². The molecule has 0 spiro atoms. The Bertz CT molecular complexity index is 680. The molecule has 0 atom stereocenters. The van der Waals surface area contributed by atoms with Crippen LogP contribution in [-0.4, -0.2) is 37.7 Å². The number of nitrogens with zero attached hydrogens (tertiary/aromatic N) is 4. The first-order chi connectivity index (χ1) is 10.4. The first-order valence-electron chi connectivity index (χ1n) is 7.19. The number of carbonyl (C=O) groups excluding carboxylic acids is 1. The van der Waals surface area contributed by atoms with E-state index in [2.05, 4.69) is 10.1 Å². The Balaban J connectivity index is 2.22. The van der Waals surface area contributed by atoms with E-state index in [9.17, 15) is 9.59 Å². The minimum Gasteiger partial charge on any atom is -0.388 e. The number of pyridine rings is 1. The molecule has 0 aromatic carbocycles. The maximum atomic E-state index is 12.4. The lowest BCUT2D eigenvalue weighted by atomic mass is 10.2. The molecule has 0 saturated carbocycles. The van der Waals surface area contributed by atoms with Crippen LogP contribution in [0.1, 0.15) is 27.7 Å². The normalized spacial score (nSPS) is 11.2. The Morgan fingerprint density at radius 1 is 1.23 bits per heavy atom. The van der Waals surface area contributed by atoms with E-state index in [1.165, 1.54) is 0 Å². The summed E-state index contributed by atoms with van der Waals surface area (Å²) in [6, 6.07) is 3.47. The Hall–Kier alpha value is -2.44. The van der Waals surface area contributed by atoms with Crippen molar-refractivity contribution in [3.63, 3.8) is 0 Å². The highest BCUT2D eigenvalue weighted by Gasteiger charge is 2.22. The summed E-state index contributed by atoms with van der Waals surface area (Å²) in [5.41, 5.74) is 0.642. The summed E-state index contributed by atoms with van der Waals surface area (Å²) in [5.74, 6) is -0.629. The van der Waals surface area contributed by atoms with E-state index in [1.807, 2.05) is 27.7 Å². The Labute approximate surface area is 128 Å². The van der Waals surface area contributed by atoms with E-state index in [0.29, 0.717) is 5.56 Å². The molecule has 1 amide bonds. The minimum absolute atomic E-state index is 0.0507. The standard InChI is InChI=1S/C15H20N4O3/c1-10(2)19(11(3)4)13(20)9-18-15(21)22-14(17-18)12-5-7-16-8-6-12/h5-8,10-11H,9H2,1-4H3. The molecule has 7 heteroatoms. The summed E-state index contributed by atoms with van der Waals surface area (Å²) in [7, 11) is 0. The molecule has 0 saturated heterocycles. The molecule has 118 valence electrons. The van der Waals surface area contributed by atoms with Gasteiger partial charge in [0.25, 0.3) is 0 Å². The smallest absolute Gasteiger partial charge is 0.388 e. The highest BCUT2D eigenvalue weighted by atomic mass is 16.4. The average Bonchev–Trinajstić information content (AvgIpc) is 2.80. The number of hydrogen-bond acceptors (Lipinski definition) is 5. The number of hydrogen-bond donors (Lipinski definition) is 0. The van der Waals surface area contributed by atoms with E-state index in [4.69, 9.17) is 4.42 Å². The fourth-order valence-electron chi connectivity index (χ4n) is 2.40. The van der Waals surface area contributed by atoms with Crippen LogP contribution in [0, 0.1) is 0 Å². The maximum absolute atomic E-state index is 12.4. The van der Waals surface area contributed by atoms with Crippen molar-refractivity contribution in [3.05, 3.63) is 35.1 Å². The van der Waals surface area contributed by atoms with Crippen molar-refractivity contribution in [3.8, 4) is 11.5 Å². The van der Waals surface area contributed by atoms with Gasteiger partial charge in [-0.1, -0.05) is 0 Å². The van der Waals surface area contributed by atoms with Crippen LogP contribution < -0.4 is 5.76 Å². The second-order valence-electron chi connectivity index (χ2n) is 5.56. The number of carbonyl (C=O) groups is 1. The summed E-state index contributed by atoms with van der Waals surface area (Å²) in [6.45, 7) is 7.61. The molecule has 0 aliphatic rings. The highest BCUT2D eigenvalue weighted by molar-refractivity contribution is 5.76. The fourth-order valence-corrected chi connectivity index (χ4v) is 2.40. The van der Waals surface area contributed by atoms with Crippen LogP contribution in [0.2, 0.25) is 0 Å². The van der Waals surface area contributed by atoms with Crippen LogP contribution in [0.25, 0.3) is 11.5 Å². The monoisotopic (exact) mass is 304 g/mol. The second-order valence-corrected chi connectivity index (χ2v) is 5.56. The predicted octanol–water partition coefficient (Wildman–Crippen LogP) is 1.54. The van der Waals surface area contributed by atoms with Gasteiger partial charge in [0.2, 0.25) is 11.8 Å². The molecule has 0 aliphatic heterocycles. The topological polar surface area (TPSA) is 81.2 Å². The van der Waals surface area contributed by atoms with Gasteiger partial charge in [0, 0.05) is 30.0 Å². The molecule has 7 nitrogen and oxygen atoms in total. The molecule has 2 heterocycles. The Kier molecular flexibility index (Phi) is 4.75. The third-order valence-electron chi connectivity index (χ3n) is 3.22. The molecule has 0 aliphatic carbocycles. The van der Waals surface area contributed by atoms with Gasteiger partial charge in [-0.3, -0.25) is 9.78 Å².